The van der Waals surface area contributed by atoms with Crippen molar-refractivity contribution in [2.24, 2.45) is 0 Å². The van der Waals surface area contributed by atoms with Crippen LogP contribution >= 0.6 is 0 Å². The van der Waals surface area contributed by atoms with Crippen LogP contribution in [0.4, 0.5) is 0 Å². The summed E-state index contributed by atoms with van der Waals surface area (Å²) in [6, 6.07) is 9.42. The van der Waals surface area contributed by atoms with E-state index in [4.69, 9.17) is 0 Å². The number of amides is 1. The molecule has 0 bridgehead atoms. The Morgan fingerprint density at radius 3 is 2.70 bits per heavy atom. The van der Waals surface area contributed by atoms with Gasteiger partial charge in [-0.05, 0) is 30.1 Å². The number of likely N-dealkylation sites (N-methyl/N-ethyl adjacent to an activating group) is 1. The average Bonchev–Trinajstić information content (AvgIpc) is 2.59. The monoisotopic (exact) mass is 311 g/mol. The standard InChI is InChI=1S/C18H21N3O2/c1-2-20-9-11-21(12-10-20)17(22)8-7-15-13-14-5-3-4-6-16(14)19-18(15)23/h3-8,13H,2,9-12H2,1H3,(H,19,23)/b8-7+. The van der Waals surface area contributed by atoms with Gasteiger partial charge < -0.3 is 14.8 Å². The summed E-state index contributed by atoms with van der Waals surface area (Å²) in [7, 11) is 0. The topological polar surface area (TPSA) is 56.4 Å². The third kappa shape index (κ3) is 3.51. The summed E-state index contributed by atoms with van der Waals surface area (Å²) in [4.78, 5) is 31.3. The van der Waals surface area contributed by atoms with Crippen LogP contribution in [0.1, 0.15) is 12.5 Å². The van der Waals surface area contributed by atoms with Gasteiger partial charge in [-0.2, -0.15) is 0 Å². The van der Waals surface area contributed by atoms with E-state index in [1.165, 1.54) is 6.08 Å². The number of H-pyrrole nitrogens is 1. The van der Waals surface area contributed by atoms with Crippen molar-refractivity contribution in [2.45, 2.75) is 6.92 Å². The molecule has 5 nitrogen and oxygen atoms in total. The number of piperazine rings is 1. The van der Waals surface area contributed by atoms with Gasteiger partial charge in [-0.3, -0.25) is 9.59 Å². The summed E-state index contributed by atoms with van der Waals surface area (Å²) in [5, 5.41) is 0.954. The van der Waals surface area contributed by atoms with E-state index in [2.05, 4.69) is 16.8 Å². The number of hydrogen-bond donors (Lipinski definition) is 1. The summed E-state index contributed by atoms with van der Waals surface area (Å²) in [6.45, 7) is 6.45. The summed E-state index contributed by atoms with van der Waals surface area (Å²) < 4.78 is 0. The number of carbonyl (C=O) groups is 1. The number of nitrogens with zero attached hydrogens (tertiary/aromatic N) is 2. The number of fused-ring (bicyclic) bond motifs is 1. The van der Waals surface area contributed by atoms with Crippen LogP contribution in [0.2, 0.25) is 0 Å². The lowest BCUT2D eigenvalue weighted by Crippen LogP contribution is -2.48. The van der Waals surface area contributed by atoms with Crippen molar-refractivity contribution in [2.75, 3.05) is 32.7 Å². The van der Waals surface area contributed by atoms with Crippen molar-refractivity contribution in [1.29, 1.82) is 0 Å². The molecule has 5 heteroatoms. The molecule has 0 spiro atoms. The van der Waals surface area contributed by atoms with E-state index >= 15 is 0 Å². The Balaban J connectivity index is 1.74. The van der Waals surface area contributed by atoms with Crippen LogP contribution in [0.25, 0.3) is 17.0 Å². The summed E-state index contributed by atoms with van der Waals surface area (Å²) in [6.07, 6.45) is 3.11. The van der Waals surface area contributed by atoms with Crippen molar-refractivity contribution < 1.29 is 4.79 Å². The van der Waals surface area contributed by atoms with Crippen LogP contribution in [0.5, 0.6) is 0 Å². The summed E-state index contributed by atoms with van der Waals surface area (Å²) >= 11 is 0. The Morgan fingerprint density at radius 1 is 1.22 bits per heavy atom. The maximum atomic E-state index is 12.2. The van der Waals surface area contributed by atoms with Gasteiger partial charge in [0.05, 0.1) is 0 Å². The van der Waals surface area contributed by atoms with Gasteiger partial charge in [0.15, 0.2) is 0 Å². The number of aromatic nitrogens is 1. The fraction of sp³-hybridized carbons (Fsp3) is 0.333. The molecule has 1 fully saturated rings. The van der Waals surface area contributed by atoms with Crippen molar-refractivity contribution in [3.63, 3.8) is 0 Å². The SMILES string of the molecule is CCN1CCN(C(=O)/C=C/c2cc3ccccc3[nH]c2=O)CC1. The first-order valence-corrected chi connectivity index (χ1v) is 7.99. The van der Waals surface area contributed by atoms with Crippen LogP contribution in [0.3, 0.4) is 0 Å². The normalized spacial score (nSPS) is 16.3. The maximum absolute atomic E-state index is 12.2. The zero-order valence-corrected chi connectivity index (χ0v) is 13.3. The van der Waals surface area contributed by atoms with Crippen LogP contribution in [0.15, 0.2) is 41.2 Å². The highest BCUT2D eigenvalue weighted by atomic mass is 16.2. The Hall–Kier alpha value is -2.40. The maximum Gasteiger partial charge on any atom is 0.255 e. The van der Waals surface area contributed by atoms with E-state index in [1.807, 2.05) is 35.2 Å². The minimum absolute atomic E-state index is 0.0340. The lowest BCUT2D eigenvalue weighted by molar-refractivity contribution is -0.127. The Kier molecular flexibility index (Phi) is 4.57. The number of aromatic amines is 1. The Labute approximate surface area is 135 Å². The molecule has 1 aromatic carbocycles. The second-order valence-electron chi connectivity index (χ2n) is 5.73. The second kappa shape index (κ2) is 6.79. The lowest BCUT2D eigenvalue weighted by atomic mass is 10.1. The van der Waals surface area contributed by atoms with E-state index in [0.29, 0.717) is 5.56 Å². The highest BCUT2D eigenvalue weighted by Gasteiger charge is 2.18. The molecule has 1 aromatic heterocycles. The molecule has 23 heavy (non-hydrogen) atoms. The minimum Gasteiger partial charge on any atom is -0.337 e. The summed E-state index contributed by atoms with van der Waals surface area (Å²) in [5.74, 6) is -0.0340. The molecule has 120 valence electrons. The first-order chi connectivity index (χ1) is 11.2. The van der Waals surface area contributed by atoms with E-state index in [9.17, 15) is 9.59 Å². The van der Waals surface area contributed by atoms with Crippen molar-refractivity contribution in [3.05, 3.63) is 52.3 Å². The highest BCUT2D eigenvalue weighted by Crippen LogP contribution is 2.11. The van der Waals surface area contributed by atoms with E-state index in [0.717, 1.165) is 43.6 Å². The third-order valence-corrected chi connectivity index (χ3v) is 4.32. The number of carbonyl (C=O) groups excluding carboxylic acids is 1. The minimum atomic E-state index is -0.177. The van der Waals surface area contributed by atoms with Crippen LogP contribution in [-0.4, -0.2) is 53.4 Å². The molecule has 1 saturated heterocycles. The van der Waals surface area contributed by atoms with Gasteiger partial charge in [0.2, 0.25) is 5.91 Å². The van der Waals surface area contributed by atoms with Crippen molar-refractivity contribution in [3.8, 4) is 0 Å². The molecule has 0 atom stereocenters. The molecule has 2 heterocycles. The number of benzene rings is 1. The molecule has 1 aliphatic heterocycles. The fourth-order valence-electron chi connectivity index (χ4n) is 2.84. The predicted octanol–water partition coefficient (Wildman–Crippen LogP) is 1.71. The molecule has 1 N–H and O–H groups in total. The van der Waals surface area contributed by atoms with Crippen LogP contribution in [0, 0.1) is 0 Å². The number of rotatable bonds is 3. The quantitative estimate of drug-likeness (QED) is 0.878. The lowest BCUT2D eigenvalue weighted by Gasteiger charge is -2.33. The van der Waals surface area contributed by atoms with E-state index in [-0.39, 0.29) is 11.5 Å². The van der Waals surface area contributed by atoms with E-state index < -0.39 is 0 Å². The van der Waals surface area contributed by atoms with Gasteiger partial charge in [0.25, 0.3) is 5.56 Å². The molecule has 1 aliphatic rings. The first-order valence-electron chi connectivity index (χ1n) is 7.99. The zero-order chi connectivity index (χ0) is 16.2. The molecule has 1 amide bonds. The van der Waals surface area contributed by atoms with Crippen LogP contribution < -0.4 is 5.56 Å². The molecular weight excluding hydrogens is 290 g/mol. The third-order valence-electron chi connectivity index (χ3n) is 4.32. The van der Waals surface area contributed by atoms with Gasteiger partial charge in [-0.25, -0.2) is 0 Å². The number of nitrogens with one attached hydrogen (secondary N) is 1. The van der Waals surface area contributed by atoms with Gasteiger partial charge in [0, 0.05) is 43.3 Å². The fourth-order valence-corrected chi connectivity index (χ4v) is 2.84. The first kappa shape index (κ1) is 15.5. The molecule has 0 saturated carbocycles. The molecule has 0 unspecified atom stereocenters. The largest absolute Gasteiger partial charge is 0.337 e. The molecule has 0 radical (unpaired) electrons. The molecule has 0 aliphatic carbocycles. The summed E-state index contributed by atoms with van der Waals surface area (Å²) in [5.41, 5.74) is 1.13. The molecular formula is C18H21N3O2. The Morgan fingerprint density at radius 2 is 1.96 bits per heavy atom. The van der Waals surface area contributed by atoms with Gasteiger partial charge in [-0.15, -0.1) is 0 Å². The zero-order valence-electron chi connectivity index (χ0n) is 13.3. The van der Waals surface area contributed by atoms with Crippen molar-refractivity contribution >= 4 is 22.9 Å². The number of pyridine rings is 1. The highest BCUT2D eigenvalue weighted by molar-refractivity contribution is 5.92. The van der Waals surface area contributed by atoms with Gasteiger partial charge in [-0.1, -0.05) is 25.1 Å². The molecule has 3 rings (SSSR count). The smallest absolute Gasteiger partial charge is 0.255 e. The number of para-hydroxylation sites is 1. The number of hydrogen-bond acceptors (Lipinski definition) is 3. The second-order valence-corrected chi connectivity index (χ2v) is 5.73. The van der Waals surface area contributed by atoms with Gasteiger partial charge >= 0.3 is 0 Å². The van der Waals surface area contributed by atoms with Crippen molar-refractivity contribution in [1.82, 2.24) is 14.8 Å². The Bertz CT molecular complexity index is 786. The van der Waals surface area contributed by atoms with Crippen LogP contribution in [-0.2, 0) is 4.79 Å². The molecule has 2 aromatic rings. The predicted molar refractivity (Wildman–Crippen MR) is 92.3 cm³/mol. The van der Waals surface area contributed by atoms with Gasteiger partial charge in [0.1, 0.15) is 0 Å². The average molecular weight is 311 g/mol. The van der Waals surface area contributed by atoms with E-state index in [1.54, 1.807) is 6.08 Å².